The van der Waals surface area contributed by atoms with Crippen molar-refractivity contribution in [3.63, 3.8) is 0 Å². The van der Waals surface area contributed by atoms with Gasteiger partial charge in [0.2, 0.25) is 5.91 Å². The zero-order valence-corrected chi connectivity index (χ0v) is 20.0. The van der Waals surface area contributed by atoms with Crippen LogP contribution in [0.25, 0.3) is 11.3 Å². The SMILES string of the molecule is C1CCCCC1.CNC(=O)CNC(=O)c1ccc(-c2ccc(CNC(=O)c3ccccn3)cc2)o1. The van der Waals surface area contributed by atoms with E-state index in [9.17, 15) is 14.4 Å². The fraction of sp³-hybridized carbons (Fsp3) is 0.333. The number of carbonyl (C=O) groups is 3. The lowest BCUT2D eigenvalue weighted by molar-refractivity contribution is -0.119. The number of furan rings is 1. The molecule has 0 saturated heterocycles. The maximum atomic E-state index is 12.0. The number of nitrogens with one attached hydrogen (secondary N) is 3. The van der Waals surface area contributed by atoms with Crippen molar-refractivity contribution in [1.29, 1.82) is 0 Å². The molecule has 2 heterocycles. The van der Waals surface area contributed by atoms with Crippen molar-refractivity contribution in [2.24, 2.45) is 0 Å². The van der Waals surface area contributed by atoms with Crippen LogP contribution in [0.4, 0.5) is 0 Å². The highest BCUT2D eigenvalue weighted by Crippen LogP contribution is 2.22. The van der Waals surface area contributed by atoms with Crippen molar-refractivity contribution in [1.82, 2.24) is 20.9 Å². The molecule has 0 unspecified atom stereocenters. The first-order valence-electron chi connectivity index (χ1n) is 11.9. The molecule has 0 spiro atoms. The van der Waals surface area contributed by atoms with E-state index >= 15 is 0 Å². The molecule has 184 valence electrons. The number of likely N-dealkylation sites (N-methyl/N-ethyl adjacent to an activating group) is 1. The van der Waals surface area contributed by atoms with Gasteiger partial charge in [-0.25, -0.2) is 0 Å². The summed E-state index contributed by atoms with van der Waals surface area (Å²) in [6.07, 6.45) is 10.6. The summed E-state index contributed by atoms with van der Waals surface area (Å²) in [6, 6.07) is 15.8. The van der Waals surface area contributed by atoms with E-state index < -0.39 is 5.91 Å². The number of hydrogen-bond donors (Lipinski definition) is 3. The summed E-state index contributed by atoms with van der Waals surface area (Å²) in [5.74, 6) is -0.354. The lowest BCUT2D eigenvalue weighted by atomic mass is 10.0. The van der Waals surface area contributed by atoms with Crippen molar-refractivity contribution < 1.29 is 18.8 Å². The highest BCUT2D eigenvalue weighted by atomic mass is 16.3. The maximum Gasteiger partial charge on any atom is 0.287 e. The van der Waals surface area contributed by atoms with E-state index in [2.05, 4.69) is 20.9 Å². The van der Waals surface area contributed by atoms with Crippen molar-refractivity contribution in [3.05, 3.63) is 77.8 Å². The Morgan fingerprint density at radius 2 is 1.51 bits per heavy atom. The van der Waals surface area contributed by atoms with E-state index in [1.807, 2.05) is 24.3 Å². The van der Waals surface area contributed by atoms with Gasteiger partial charge in [0.15, 0.2) is 5.76 Å². The molecule has 1 aromatic carbocycles. The number of rotatable bonds is 7. The molecule has 1 aliphatic rings. The van der Waals surface area contributed by atoms with Crippen molar-refractivity contribution in [2.45, 2.75) is 45.1 Å². The van der Waals surface area contributed by atoms with Gasteiger partial charge in [-0.3, -0.25) is 19.4 Å². The molecule has 3 N–H and O–H groups in total. The van der Waals surface area contributed by atoms with E-state index in [0.717, 1.165) is 11.1 Å². The second-order valence-electron chi connectivity index (χ2n) is 8.24. The molecule has 0 aliphatic heterocycles. The number of hydrogen-bond acceptors (Lipinski definition) is 5. The molecule has 1 aliphatic carbocycles. The number of carbonyl (C=O) groups excluding carboxylic acids is 3. The summed E-state index contributed by atoms with van der Waals surface area (Å²) in [4.78, 5) is 39.2. The number of benzene rings is 1. The van der Waals surface area contributed by atoms with Crippen LogP contribution < -0.4 is 16.0 Å². The van der Waals surface area contributed by atoms with Crippen LogP contribution in [0.5, 0.6) is 0 Å². The van der Waals surface area contributed by atoms with Gasteiger partial charge in [0.25, 0.3) is 11.8 Å². The van der Waals surface area contributed by atoms with Crippen LogP contribution >= 0.6 is 0 Å². The van der Waals surface area contributed by atoms with E-state index in [1.54, 1.807) is 36.5 Å². The first-order chi connectivity index (χ1) is 17.1. The van der Waals surface area contributed by atoms with Crippen LogP contribution in [0.3, 0.4) is 0 Å². The van der Waals surface area contributed by atoms with Gasteiger partial charge < -0.3 is 20.4 Å². The zero-order valence-electron chi connectivity index (χ0n) is 20.0. The Morgan fingerprint density at radius 3 is 2.11 bits per heavy atom. The molecule has 35 heavy (non-hydrogen) atoms. The minimum Gasteiger partial charge on any atom is -0.451 e. The molecule has 0 radical (unpaired) electrons. The van der Waals surface area contributed by atoms with Gasteiger partial charge in [-0.2, -0.15) is 0 Å². The second kappa shape index (κ2) is 13.7. The van der Waals surface area contributed by atoms with Crippen molar-refractivity contribution >= 4 is 17.7 Å². The minimum absolute atomic E-state index is 0.121. The predicted octanol–water partition coefficient (Wildman–Crippen LogP) is 4.09. The summed E-state index contributed by atoms with van der Waals surface area (Å²) >= 11 is 0. The molecule has 0 bridgehead atoms. The first kappa shape index (κ1) is 25.7. The predicted molar refractivity (Wildman–Crippen MR) is 134 cm³/mol. The number of amides is 3. The van der Waals surface area contributed by atoms with Crippen LogP contribution in [0.15, 0.2) is 65.2 Å². The van der Waals surface area contributed by atoms with Gasteiger partial charge in [0.05, 0.1) is 6.54 Å². The normalized spacial score (nSPS) is 12.6. The largest absolute Gasteiger partial charge is 0.451 e. The molecule has 2 aromatic heterocycles. The quantitative estimate of drug-likeness (QED) is 0.475. The molecular formula is C27H32N4O4. The van der Waals surface area contributed by atoms with E-state index in [0.29, 0.717) is 18.0 Å². The monoisotopic (exact) mass is 476 g/mol. The molecule has 3 aromatic rings. The Labute approximate surface area is 205 Å². The van der Waals surface area contributed by atoms with Gasteiger partial charge in [0, 0.05) is 25.4 Å². The molecule has 1 saturated carbocycles. The van der Waals surface area contributed by atoms with Crippen LogP contribution in [0, 0.1) is 0 Å². The number of pyridine rings is 1. The smallest absolute Gasteiger partial charge is 0.287 e. The van der Waals surface area contributed by atoms with Crippen LogP contribution in [0.2, 0.25) is 0 Å². The van der Waals surface area contributed by atoms with Gasteiger partial charge in [-0.1, -0.05) is 68.9 Å². The second-order valence-corrected chi connectivity index (χ2v) is 8.24. The summed E-state index contributed by atoms with van der Waals surface area (Å²) in [5, 5.41) is 7.71. The highest BCUT2D eigenvalue weighted by molar-refractivity contribution is 5.94. The minimum atomic E-state index is -0.464. The Bertz CT molecular complexity index is 1080. The number of aromatic nitrogens is 1. The van der Waals surface area contributed by atoms with Gasteiger partial charge in [-0.05, 0) is 29.8 Å². The molecule has 0 atom stereocenters. The molecule has 4 rings (SSSR count). The Hall–Kier alpha value is -3.94. The summed E-state index contributed by atoms with van der Waals surface area (Å²) < 4.78 is 5.57. The third-order valence-electron chi connectivity index (χ3n) is 5.61. The van der Waals surface area contributed by atoms with E-state index in [1.165, 1.54) is 45.6 Å². The molecular weight excluding hydrogens is 444 g/mol. The summed E-state index contributed by atoms with van der Waals surface area (Å²) in [7, 11) is 1.49. The van der Waals surface area contributed by atoms with Gasteiger partial charge >= 0.3 is 0 Å². The van der Waals surface area contributed by atoms with Gasteiger partial charge in [0.1, 0.15) is 11.5 Å². The van der Waals surface area contributed by atoms with Crippen LogP contribution in [-0.4, -0.2) is 36.3 Å². The standard InChI is InChI=1S/C21H20N4O4.C6H12/c1-22-19(26)13-25-21(28)18-10-9-17(29-18)15-7-5-14(6-8-15)12-24-20(27)16-4-2-3-11-23-16;1-2-4-6-5-3-1/h2-11H,12-13H2,1H3,(H,22,26)(H,24,27)(H,25,28);1-6H2. The third-order valence-corrected chi connectivity index (χ3v) is 5.61. The average Bonchev–Trinajstić information content (AvgIpc) is 3.43. The average molecular weight is 477 g/mol. The lowest BCUT2D eigenvalue weighted by Crippen LogP contribution is -2.34. The zero-order chi connectivity index (χ0) is 24.9. The lowest BCUT2D eigenvalue weighted by Gasteiger charge is -2.06. The van der Waals surface area contributed by atoms with E-state index in [4.69, 9.17) is 4.42 Å². The van der Waals surface area contributed by atoms with Crippen LogP contribution in [0.1, 0.15) is 65.1 Å². The summed E-state index contributed by atoms with van der Waals surface area (Å²) in [5.41, 5.74) is 2.06. The molecule has 1 fully saturated rings. The highest BCUT2D eigenvalue weighted by Gasteiger charge is 2.13. The Balaban J connectivity index is 0.000000497. The van der Waals surface area contributed by atoms with E-state index in [-0.39, 0.29) is 24.1 Å². The first-order valence-corrected chi connectivity index (χ1v) is 11.9. The molecule has 3 amide bonds. The fourth-order valence-corrected chi connectivity index (χ4v) is 3.57. The summed E-state index contributed by atoms with van der Waals surface area (Å²) in [6.45, 7) is 0.241. The van der Waals surface area contributed by atoms with Crippen molar-refractivity contribution in [3.8, 4) is 11.3 Å². The molecule has 8 nitrogen and oxygen atoms in total. The fourth-order valence-electron chi connectivity index (χ4n) is 3.57. The Kier molecular flexibility index (Phi) is 10.0. The maximum absolute atomic E-state index is 12.0. The van der Waals surface area contributed by atoms with Crippen LogP contribution in [-0.2, 0) is 11.3 Å². The topological polar surface area (TPSA) is 113 Å². The van der Waals surface area contributed by atoms with Gasteiger partial charge in [-0.15, -0.1) is 0 Å². The molecule has 8 heteroatoms. The third kappa shape index (κ3) is 8.41. The van der Waals surface area contributed by atoms with Crippen molar-refractivity contribution in [2.75, 3.05) is 13.6 Å². The number of nitrogens with zero attached hydrogens (tertiary/aromatic N) is 1. The Morgan fingerprint density at radius 1 is 0.829 bits per heavy atom.